The van der Waals surface area contributed by atoms with Crippen molar-refractivity contribution in [1.82, 2.24) is 19.8 Å². The van der Waals surface area contributed by atoms with Gasteiger partial charge in [-0.05, 0) is 44.1 Å². The average molecular weight is 298 g/mol. The van der Waals surface area contributed by atoms with Crippen LogP contribution in [0.25, 0.3) is 0 Å². The highest BCUT2D eigenvalue weighted by atomic mass is 32.2. The van der Waals surface area contributed by atoms with Gasteiger partial charge >= 0.3 is 0 Å². The van der Waals surface area contributed by atoms with Crippen molar-refractivity contribution in [3.05, 3.63) is 12.4 Å². The monoisotopic (exact) mass is 298 g/mol. The van der Waals surface area contributed by atoms with Gasteiger partial charge in [-0.1, -0.05) is 0 Å². The van der Waals surface area contributed by atoms with Gasteiger partial charge in [0.2, 0.25) is 10.0 Å². The summed E-state index contributed by atoms with van der Waals surface area (Å²) in [4.78, 5) is 0.264. The third-order valence-electron chi connectivity index (χ3n) is 4.46. The highest BCUT2D eigenvalue weighted by molar-refractivity contribution is 7.89. The number of sulfonamides is 1. The van der Waals surface area contributed by atoms with E-state index >= 15 is 0 Å². The van der Waals surface area contributed by atoms with E-state index < -0.39 is 10.0 Å². The Kier molecular flexibility index (Phi) is 3.60. The smallest absolute Gasteiger partial charge is 0.243 e. The van der Waals surface area contributed by atoms with Crippen LogP contribution in [0, 0.1) is 11.3 Å². The standard InChI is InChI=1S/C13H22N4O2S/c1-14-6-7-17-9-12(8-15-17)20(18,19)16-10-13(4-5-13)11-2-3-11/h8-9,11,14,16H,2-7,10H2,1H3. The molecule has 2 saturated carbocycles. The summed E-state index contributed by atoms with van der Waals surface area (Å²) < 4.78 is 28.9. The molecule has 0 spiro atoms. The molecule has 20 heavy (non-hydrogen) atoms. The van der Waals surface area contributed by atoms with Gasteiger partial charge in [-0.3, -0.25) is 4.68 Å². The summed E-state index contributed by atoms with van der Waals surface area (Å²) in [5, 5.41) is 7.10. The van der Waals surface area contributed by atoms with Crippen LogP contribution in [0.5, 0.6) is 0 Å². The Bertz CT molecular complexity index is 573. The normalized spacial score (nSPS) is 21.1. The molecule has 6 nitrogen and oxygen atoms in total. The minimum atomic E-state index is -3.42. The molecule has 0 atom stereocenters. The molecule has 3 rings (SSSR count). The van der Waals surface area contributed by atoms with E-state index in [-0.39, 0.29) is 10.3 Å². The molecule has 0 unspecified atom stereocenters. The van der Waals surface area contributed by atoms with Crippen LogP contribution in [0.15, 0.2) is 17.3 Å². The number of likely N-dealkylation sites (N-methyl/N-ethyl adjacent to an activating group) is 1. The molecule has 7 heteroatoms. The summed E-state index contributed by atoms with van der Waals surface area (Å²) in [6.07, 6.45) is 7.89. The first-order chi connectivity index (χ1) is 9.56. The summed E-state index contributed by atoms with van der Waals surface area (Å²) in [6.45, 7) is 2.01. The van der Waals surface area contributed by atoms with Gasteiger partial charge in [-0.15, -0.1) is 0 Å². The van der Waals surface area contributed by atoms with E-state index in [0.717, 1.165) is 12.5 Å². The highest BCUT2D eigenvalue weighted by Crippen LogP contribution is 2.60. The fraction of sp³-hybridized carbons (Fsp3) is 0.769. The first-order valence-corrected chi connectivity index (χ1v) is 8.71. The van der Waals surface area contributed by atoms with Crippen molar-refractivity contribution >= 4 is 10.0 Å². The Balaban J connectivity index is 1.61. The number of hydrogen-bond acceptors (Lipinski definition) is 4. The second kappa shape index (κ2) is 5.13. The fourth-order valence-electron chi connectivity index (χ4n) is 2.74. The molecular formula is C13H22N4O2S. The number of hydrogen-bond donors (Lipinski definition) is 2. The van der Waals surface area contributed by atoms with Crippen LogP contribution in [0.4, 0.5) is 0 Å². The quantitative estimate of drug-likeness (QED) is 0.736. The Morgan fingerprint density at radius 2 is 2.20 bits per heavy atom. The maximum atomic E-state index is 12.3. The lowest BCUT2D eigenvalue weighted by atomic mass is 10.0. The van der Waals surface area contributed by atoms with Crippen molar-refractivity contribution in [2.75, 3.05) is 20.1 Å². The number of nitrogens with zero attached hydrogens (tertiary/aromatic N) is 2. The predicted octanol–water partition coefficient (Wildman–Crippen LogP) is 0.571. The van der Waals surface area contributed by atoms with E-state index in [0.29, 0.717) is 13.1 Å². The summed E-state index contributed by atoms with van der Waals surface area (Å²) in [7, 11) is -1.56. The largest absolute Gasteiger partial charge is 0.318 e. The van der Waals surface area contributed by atoms with Gasteiger partial charge < -0.3 is 5.32 Å². The summed E-state index contributed by atoms with van der Waals surface area (Å²) in [5.74, 6) is 0.753. The molecule has 0 bridgehead atoms. The van der Waals surface area contributed by atoms with Crippen molar-refractivity contribution in [2.45, 2.75) is 37.1 Å². The van der Waals surface area contributed by atoms with Crippen LogP contribution < -0.4 is 10.0 Å². The summed E-state index contributed by atoms with van der Waals surface area (Å²) in [5.41, 5.74) is 0.273. The van der Waals surface area contributed by atoms with E-state index in [2.05, 4.69) is 15.1 Å². The van der Waals surface area contributed by atoms with Gasteiger partial charge in [0.05, 0.1) is 12.7 Å². The Morgan fingerprint density at radius 3 is 2.80 bits per heavy atom. The molecule has 0 aliphatic heterocycles. The van der Waals surface area contributed by atoms with Gasteiger partial charge in [-0.2, -0.15) is 5.10 Å². The van der Waals surface area contributed by atoms with Crippen molar-refractivity contribution in [3.8, 4) is 0 Å². The predicted molar refractivity (Wildman–Crippen MR) is 75.7 cm³/mol. The minimum Gasteiger partial charge on any atom is -0.318 e. The third-order valence-corrected chi connectivity index (χ3v) is 5.82. The van der Waals surface area contributed by atoms with Crippen LogP contribution >= 0.6 is 0 Å². The molecule has 2 N–H and O–H groups in total. The molecule has 0 aromatic carbocycles. The molecule has 0 amide bonds. The zero-order valence-electron chi connectivity index (χ0n) is 11.8. The zero-order chi connectivity index (χ0) is 14.2. The number of aromatic nitrogens is 2. The Morgan fingerprint density at radius 1 is 1.45 bits per heavy atom. The van der Waals surface area contributed by atoms with E-state index in [1.807, 2.05) is 7.05 Å². The molecule has 0 radical (unpaired) electrons. The molecule has 1 aromatic heterocycles. The lowest BCUT2D eigenvalue weighted by Gasteiger charge is -2.14. The third kappa shape index (κ3) is 2.89. The van der Waals surface area contributed by atoms with Crippen molar-refractivity contribution in [3.63, 3.8) is 0 Å². The molecule has 2 aliphatic rings. The van der Waals surface area contributed by atoms with Crippen molar-refractivity contribution in [2.24, 2.45) is 11.3 Å². The minimum absolute atomic E-state index is 0.264. The maximum absolute atomic E-state index is 12.3. The van der Waals surface area contributed by atoms with Crippen LogP contribution in [0.3, 0.4) is 0 Å². The van der Waals surface area contributed by atoms with E-state index in [1.165, 1.54) is 31.9 Å². The van der Waals surface area contributed by atoms with E-state index in [9.17, 15) is 8.42 Å². The molecule has 112 valence electrons. The second-order valence-corrected chi connectivity index (χ2v) is 7.77. The van der Waals surface area contributed by atoms with Crippen LogP contribution in [-0.2, 0) is 16.6 Å². The topological polar surface area (TPSA) is 76.0 Å². The van der Waals surface area contributed by atoms with Gasteiger partial charge in [0, 0.05) is 19.3 Å². The summed E-state index contributed by atoms with van der Waals surface area (Å²) in [6, 6.07) is 0. The Hall–Kier alpha value is -0.920. The molecular weight excluding hydrogens is 276 g/mol. The second-order valence-electron chi connectivity index (χ2n) is 6.00. The van der Waals surface area contributed by atoms with Crippen molar-refractivity contribution < 1.29 is 8.42 Å². The molecule has 0 saturated heterocycles. The maximum Gasteiger partial charge on any atom is 0.243 e. The van der Waals surface area contributed by atoms with Gasteiger partial charge in [0.15, 0.2) is 0 Å². The van der Waals surface area contributed by atoms with Gasteiger partial charge in [0.25, 0.3) is 0 Å². The Labute approximate surface area is 120 Å². The molecule has 2 fully saturated rings. The number of rotatable bonds is 8. The number of nitrogens with one attached hydrogen (secondary N) is 2. The molecule has 2 aliphatic carbocycles. The lowest BCUT2D eigenvalue weighted by molar-refractivity contribution is 0.432. The first-order valence-electron chi connectivity index (χ1n) is 7.22. The van der Waals surface area contributed by atoms with Crippen LogP contribution in [-0.4, -0.2) is 38.3 Å². The lowest BCUT2D eigenvalue weighted by Crippen LogP contribution is -2.31. The molecule has 1 aromatic rings. The average Bonchev–Trinajstić information content (AvgIpc) is 3.32. The van der Waals surface area contributed by atoms with Crippen molar-refractivity contribution in [1.29, 1.82) is 0 Å². The fourth-order valence-corrected chi connectivity index (χ4v) is 3.83. The van der Waals surface area contributed by atoms with E-state index in [4.69, 9.17) is 0 Å². The van der Waals surface area contributed by atoms with E-state index in [1.54, 1.807) is 10.9 Å². The SMILES string of the molecule is CNCCn1cc(S(=O)(=O)NCC2(C3CC3)CC2)cn1. The van der Waals surface area contributed by atoms with Gasteiger partial charge in [0.1, 0.15) is 4.90 Å². The van der Waals surface area contributed by atoms with Crippen LogP contribution in [0.1, 0.15) is 25.7 Å². The van der Waals surface area contributed by atoms with Gasteiger partial charge in [-0.25, -0.2) is 13.1 Å². The zero-order valence-corrected chi connectivity index (χ0v) is 12.6. The molecule has 1 heterocycles. The van der Waals surface area contributed by atoms with Crippen LogP contribution in [0.2, 0.25) is 0 Å². The summed E-state index contributed by atoms with van der Waals surface area (Å²) >= 11 is 0. The highest BCUT2D eigenvalue weighted by Gasteiger charge is 2.53. The first kappa shape index (κ1) is 14.0.